The summed E-state index contributed by atoms with van der Waals surface area (Å²) < 4.78 is 1.59. The Labute approximate surface area is 153 Å². The SMILES string of the molecule is O=C(Nc1ncn(Cc2ccc(Cl)c(Cl)c2)n1)c1ccc(Cl)cc1. The Bertz CT molecular complexity index is 877. The van der Waals surface area contributed by atoms with Crippen LogP contribution in [-0.2, 0) is 6.54 Å². The lowest BCUT2D eigenvalue weighted by Gasteiger charge is -2.03. The van der Waals surface area contributed by atoms with E-state index in [1.807, 2.05) is 6.07 Å². The fourth-order valence-corrected chi connectivity index (χ4v) is 2.47. The maximum Gasteiger partial charge on any atom is 0.258 e. The molecule has 0 fully saturated rings. The highest BCUT2D eigenvalue weighted by Crippen LogP contribution is 2.23. The normalized spacial score (nSPS) is 10.6. The number of hydrogen-bond donors (Lipinski definition) is 1. The highest BCUT2D eigenvalue weighted by Gasteiger charge is 2.09. The highest BCUT2D eigenvalue weighted by molar-refractivity contribution is 6.42. The number of rotatable bonds is 4. The molecule has 0 saturated carbocycles. The van der Waals surface area contributed by atoms with Gasteiger partial charge < -0.3 is 0 Å². The van der Waals surface area contributed by atoms with Gasteiger partial charge in [0.15, 0.2) is 0 Å². The minimum absolute atomic E-state index is 0.218. The van der Waals surface area contributed by atoms with E-state index in [9.17, 15) is 4.79 Å². The topological polar surface area (TPSA) is 59.8 Å². The number of nitrogens with one attached hydrogen (secondary N) is 1. The highest BCUT2D eigenvalue weighted by atomic mass is 35.5. The number of carbonyl (C=O) groups excluding carboxylic acids is 1. The van der Waals surface area contributed by atoms with Gasteiger partial charge >= 0.3 is 0 Å². The smallest absolute Gasteiger partial charge is 0.258 e. The van der Waals surface area contributed by atoms with Crippen molar-refractivity contribution in [3.63, 3.8) is 0 Å². The average Bonchev–Trinajstić information content (AvgIpc) is 2.98. The number of aromatic nitrogens is 3. The molecule has 1 amide bonds. The van der Waals surface area contributed by atoms with Crippen molar-refractivity contribution in [2.45, 2.75) is 6.54 Å². The van der Waals surface area contributed by atoms with Crippen LogP contribution in [0.5, 0.6) is 0 Å². The summed E-state index contributed by atoms with van der Waals surface area (Å²) in [5.74, 6) is -0.0889. The Morgan fingerprint density at radius 1 is 1.04 bits per heavy atom. The van der Waals surface area contributed by atoms with E-state index in [4.69, 9.17) is 34.8 Å². The van der Waals surface area contributed by atoms with Crippen molar-refractivity contribution in [2.24, 2.45) is 0 Å². The largest absolute Gasteiger partial charge is 0.289 e. The molecule has 1 aromatic heterocycles. The lowest BCUT2D eigenvalue weighted by molar-refractivity contribution is 0.102. The summed E-state index contributed by atoms with van der Waals surface area (Å²) in [6.07, 6.45) is 1.53. The van der Waals surface area contributed by atoms with E-state index in [0.29, 0.717) is 27.2 Å². The van der Waals surface area contributed by atoms with Crippen molar-refractivity contribution in [1.29, 1.82) is 0 Å². The third-order valence-electron chi connectivity index (χ3n) is 3.20. The van der Waals surface area contributed by atoms with Crippen LogP contribution in [0.1, 0.15) is 15.9 Å². The zero-order valence-corrected chi connectivity index (χ0v) is 14.5. The quantitative estimate of drug-likeness (QED) is 0.722. The first-order valence-corrected chi connectivity index (χ1v) is 8.05. The van der Waals surface area contributed by atoms with Crippen LogP contribution < -0.4 is 5.32 Å². The minimum atomic E-state index is -0.307. The second-order valence-electron chi connectivity index (χ2n) is 4.98. The third kappa shape index (κ3) is 4.06. The van der Waals surface area contributed by atoms with Gasteiger partial charge in [0.05, 0.1) is 16.6 Å². The first-order chi connectivity index (χ1) is 11.5. The van der Waals surface area contributed by atoms with Crippen molar-refractivity contribution in [3.05, 3.63) is 75.0 Å². The van der Waals surface area contributed by atoms with E-state index < -0.39 is 0 Å². The molecule has 0 radical (unpaired) electrons. The molecule has 1 N–H and O–H groups in total. The Balaban J connectivity index is 1.67. The van der Waals surface area contributed by atoms with Crippen LogP contribution in [0.4, 0.5) is 5.95 Å². The van der Waals surface area contributed by atoms with Gasteiger partial charge in [-0.25, -0.2) is 9.67 Å². The molecule has 3 aromatic rings. The van der Waals surface area contributed by atoms with E-state index >= 15 is 0 Å². The third-order valence-corrected chi connectivity index (χ3v) is 4.19. The molecule has 5 nitrogen and oxygen atoms in total. The number of halogens is 3. The van der Waals surface area contributed by atoms with Crippen molar-refractivity contribution < 1.29 is 4.79 Å². The molecule has 0 unspecified atom stereocenters. The molecule has 0 bridgehead atoms. The first kappa shape index (κ1) is 16.8. The van der Waals surface area contributed by atoms with Crippen LogP contribution in [0.2, 0.25) is 15.1 Å². The minimum Gasteiger partial charge on any atom is -0.289 e. The van der Waals surface area contributed by atoms with Crippen LogP contribution in [0.3, 0.4) is 0 Å². The summed E-state index contributed by atoms with van der Waals surface area (Å²) in [6.45, 7) is 0.459. The number of carbonyl (C=O) groups is 1. The van der Waals surface area contributed by atoms with Crippen LogP contribution in [0.25, 0.3) is 0 Å². The molecule has 3 rings (SSSR count). The van der Waals surface area contributed by atoms with E-state index in [1.165, 1.54) is 6.33 Å². The van der Waals surface area contributed by atoms with E-state index in [2.05, 4.69) is 15.4 Å². The Kier molecular flexibility index (Phi) is 5.04. The summed E-state index contributed by atoms with van der Waals surface area (Å²) in [4.78, 5) is 16.2. The number of amides is 1. The lowest BCUT2D eigenvalue weighted by atomic mass is 10.2. The van der Waals surface area contributed by atoms with Gasteiger partial charge in [0, 0.05) is 10.6 Å². The van der Waals surface area contributed by atoms with Gasteiger partial charge in [-0.05, 0) is 42.0 Å². The van der Waals surface area contributed by atoms with Crippen LogP contribution in [-0.4, -0.2) is 20.7 Å². The molecule has 24 heavy (non-hydrogen) atoms. The molecule has 8 heteroatoms. The number of hydrogen-bond acceptors (Lipinski definition) is 3. The number of nitrogens with zero attached hydrogens (tertiary/aromatic N) is 3. The Morgan fingerprint density at radius 2 is 1.79 bits per heavy atom. The molecular formula is C16H11Cl3N4O. The van der Waals surface area contributed by atoms with E-state index in [1.54, 1.807) is 41.1 Å². The molecule has 0 aliphatic heterocycles. The Morgan fingerprint density at radius 3 is 2.50 bits per heavy atom. The molecule has 122 valence electrons. The molecule has 0 saturated heterocycles. The molecule has 2 aromatic carbocycles. The maximum atomic E-state index is 12.1. The van der Waals surface area contributed by atoms with Crippen LogP contribution in [0, 0.1) is 0 Å². The fourth-order valence-electron chi connectivity index (χ4n) is 2.03. The number of anilines is 1. The molecule has 0 aliphatic carbocycles. The molecule has 1 heterocycles. The van der Waals surface area contributed by atoms with E-state index in [0.717, 1.165) is 5.56 Å². The molecule has 0 spiro atoms. The first-order valence-electron chi connectivity index (χ1n) is 6.91. The van der Waals surface area contributed by atoms with Crippen molar-refractivity contribution >= 4 is 46.7 Å². The zero-order chi connectivity index (χ0) is 17.1. The van der Waals surface area contributed by atoms with E-state index in [-0.39, 0.29) is 11.9 Å². The van der Waals surface area contributed by atoms with Gasteiger partial charge in [0.2, 0.25) is 5.95 Å². The second-order valence-corrected chi connectivity index (χ2v) is 6.23. The monoisotopic (exact) mass is 380 g/mol. The standard InChI is InChI=1S/C16H11Cl3N4O/c17-12-4-2-11(3-5-12)15(24)21-16-20-9-23(22-16)8-10-1-6-13(18)14(19)7-10/h1-7,9H,8H2,(H,21,22,24). The molecule has 0 aliphatic rings. The summed E-state index contributed by atoms with van der Waals surface area (Å²) in [6, 6.07) is 11.9. The fraction of sp³-hybridized carbons (Fsp3) is 0.0625. The summed E-state index contributed by atoms with van der Waals surface area (Å²) >= 11 is 17.7. The lowest BCUT2D eigenvalue weighted by Crippen LogP contribution is -2.13. The van der Waals surface area contributed by atoms with Gasteiger partial charge in [-0.2, -0.15) is 0 Å². The predicted molar refractivity (Wildman–Crippen MR) is 95.0 cm³/mol. The predicted octanol–water partition coefficient (Wildman–Crippen LogP) is 4.54. The summed E-state index contributed by atoms with van der Waals surface area (Å²) in [7, 11) is 0. The van der Waals surface area contributed by atoms with Crippen LogP contribution in [0.15, 0.2) is 48.8 Å². The Hall–Kier alpha value is -2.08. The van der Waals surface area contributed by atoms with Gasteiger partial charge in [-0.3, -0.25) is 10.1 Å². The molecule has 0 atom stereocenters. The van der Waals surface area contributed by atoms with Gasteiger partial charge in [-0.1, -0.05) is 40.9 Å². The second kappa shape index (κ2) is 7.21. The van der Waals surface area contributed by atoms with Crippen molar-refractivity contribution in [2.75, 3.05) is 5.32 Å². The van der Waals surface area contributed by atoms with Gasteiger partial charge in [0.1, 0.15) is 6.33 Å². The maximum absolute atomic E-state index is 12.1. The average molecular weight is 382 g/mol. The number of benzene rings is 2. The van der Waals surface area contributed by atoms with Gasteiger partial charge in [-0.15, -0.1) is 5.10 Å². The summed E-state index contributed by atoms with van der Waals surface area (Å²) in [5, 5.41) is 8.38. The summed E-state index contributed by atoms with van der Waals surface area (Å²) in [5.41, 5.74) is 1.39. The molecular weight excluding hydrogens is 371 g/mol. The van der Waals surface area contributed by atoms with Crippen molar-refractivity contribution in [3.8, 4) is 0 Å². The zero-order valence-electron chi connectivity index (χ0n) is 12.2. The van der Waals surface area contributed by atoms with Crippen LogP contribution >= 0.6 is 34.8 Å². The van der Waals surface area contributed by atoms with Gasteiger partial charge in [0.25, 0.3) is 5.91 Å². The van der Waals surface area contributed by atoms with Crippen molar-refractivity contribution in [1.82, 2.24) is 14.8 Å².